The smallest absolute Gasteiger partial charge is 0.234 e. The molecule has 27 heavy (non-hydrogen) atoms. The molecule has 0 unspecified atom stereocenters. The van der Waals surface area contributed by atoms with Crippen molar-refractivity contribution in [2.75, 3.05) is 18.1 Å². The van der Waals surface area contributed by atoms with E-state index in [1.807, 2.05) is 0 Å². The first-order chi connectivity index (χ1) is 13.0. The van der Waals surface area contributed by atoms with E-state index in [4.69, 9.17) is 0 Å². The lowest BCUT2D eigenvalue weighted by Gasteiger charge is -2.38. The lowest BCUT2D eigenvalue weighted by atomic mass is 9.81. The van der Waals surface area contributed by atoms with Crippen molar-refractivity contribution in [2.24, 2.45) is 0 Å². The Morgan fingerprint density at radius 3 is 2.70 bits per heavy atom. The monoisotopic (exact) mass is 405 g/mol. The molecule has 3 rings (SSSR count). The number of nitrogens with zero attached hydrogens (tertiary/aromatic N) is 4. The normalized spacial score (nSPS) is 15.7. The maximum Gasteiger partial charge on any atom is 0.234 e. The zero-order valence-electron chi connectivity index (χ0n) is 14.9. The second-order valence-corrected chi connectivity index (χ2v) is 8.65. The number of carbonyl (C=O) groups is 1. The number of aromatic nitrogens is 2. The summed E-state index contributed by atoms with van der Waals surface area (Å²) in [6.45, 7) is 0. The van der Waals surface area contributed by atoms with Gasteiger partial charge in [0, 0.05) is 12.7 Å². The number of nitrogens with one attached hydrogen (secondary N) is 1. The predicted molar refractivity (Wildman–Crippen MR) is 105 cm³/mol. The van der Waals surface area contributed by atoms with E-state index in [0.29, 0.717) is 15.2 Å². The van der Waals surface area contributed by atoms with Crippen LogP contribution < -0.4 is 5.32 Å². The molecular formula is C18H20FN5OS2. The average molecular weight is 406 g/mol. The molecule has 1 heterocycles. The van der Waals surface area contributed by atoms with E-state index in [1.165, 1.54) is 35.2 Å². The first-order valence-corrected chi connectivity index (χ1v) is 10.5. The highest BCUT2D eigenvalue weighted by Gasteiger charge is 2.38. The van der Waals surface area contributed by atoms with Crippen LogP contribution >= 0.6 is 23.1 Å². The molecule has 1 aliphatic carbocycles. The van der Waals surface area contributed by atoms with Crippen molar-refractivity contribution in [1.29, 1.82) is 5.26 Å². The summed E-state index contributed by atoms with van der Waals surface area (Å²) >= 11 is 2.63. The number of benzene rings is 1. The van der Waals surface area contributed by atoms with Gasteiger partial charge in [-0.25, -0.2) is 4.39 Å². The van der Waals surface area contributed by atoms with Gasteiger partial charge in [-0.05, 0) is 37.1 Å². The van der Waals surface area contributed by atoms with Crippen LogP contribution in [0.1, 0.15) is 32.1 Å². The highest BCUT2D eigenvalue weighted by Crippen LogP contribution is 2.34. The molecule has 0 atom stereocenters. The first-order valence-electron chi connectivity index (χ1n) is 8.69. The number of amides is 1. The molecule has 1 saturated carbocycles. The number of anilines is 2. The van der Waals surface area contributed by atoms with Crippen molar-refractivity contribution in [2.45, 2.75) is 42.0 Å². The van der Waals surface area contributed by atoms with Gasteiger partial charge in [0.2, 0.25) is 11.0 Å². The molecule has 6 nitrogen and oxygen atoms in total. The van der Waals surface area contributed by atoms with Crippen LogP contribution in [-0.2, 0) is 4.79 Å². The molecule has 0 bridgehead atoms. The van der Waals surface area contributed by atoms with E-state index in [2.05, 4.69) is 21.6 Å². The van der Waals surface area contributed by atoms with Crippen molar-refractivity contribution in [1.82, 2.24) is 15.1 Å². The van der Waals surface area contributed by atoms with E-state index in [0.717, 1.165) is 32.1 Å². The summed E-state index contributed by atoms with van der Waals surface area (Å²) in [5.74, 6) is -0.165. The Bertz CT molecular complexity index is 827. The minimum absolute atomic E-state index is 0.0771. The van der Waals surface area contributed by atoms with Crippen LogP contribution in [0, 0.1) is 17.1 Å². The fourth-order valence-corrected chi connectivity index (χ4v) is 4.78. The van der Waals surface area contributed by atoms with Crippen LogP contribution in [0.5, 0.6) is 0 Å². The third-order valence-electron chi connectivity index (χ3n) is 4.73. The van der Waals surface area contributed by atoms with Crippen molar-refractivity contribution in [3.8, 4) is 6.07 Å². The molecule has 1 amide bonds. The highest BCUT2D eigenvalue weighted by molar-refractivity contribution is 8.01. The Hall–Kier alpha value is -2.18. The summed E-state index contributed by atoms with van der Waals surface area (Å²) in [6, 6.07) is 8.33. The number of carbonyl (C=O) groups excluding carboxylic acids is 1. The third kappa shape index (κ3) is 4.76. The molecule has 1 aliphatic rings. The van der Waals surface area contributed by atoms with E-state index in [-0.39, 0.29) is 17.5 Å². The molecule has 0 spiro atoms. The number of rotatable bonds is 6. The summed E-state index contributed by atoms with van der Waals surface area (Å²) in [4.78, 5) is 14.2. The van der Waals surface area contributed by atoms with Crippen LogP contribution in [0.15, 0.2) is 28.6 Å². The van der Waals surface area contributed by atoms with Gasteiger partial charge in [-0.15, -0.1) is 10.2 Å². The average Bonchev–Trinajstić information content (AvgIpc) is 3.15. The minimum Gasteiger partial charge on any atom is -0.330 e. The second-order valence-electron chi connectivity index (χ2n) is 6.45. The Kier molecular flexibility index (Phi) is 6.29. The first kappa shape index (κ1) is 19.6. The summed E-state index contributed by atoms with van der Waals surface area (Å²) < 4.78 is 13.6. The second kappa shape index (κ2) is 8.67. The standard InChI is InChI=1S/C18H20FN5OS2/c1-24(18(12-20)9-3-2-4-10-18)15(25)11-26-17-23-22-16(27-17)21-14-7-5-13(19)6-8-14/h5-8H,2-4,9-11H2,1H3,(H,21,22). The van der Waals surface area contributed by atoms with Crippen molar-refractivity contribution in [3.63, 3.8) is 0 Å². The Morgan fingerprint density at radius 1 is 1.33 bits per heavy atom. The van der Waals surface area contributed by atoms with E-state index < -0.39 is 5.54 Å². The Balaban J connectivity index is 1.55. The Morgan fingerprint density at radius 2 is 2.04 bits per heavy atom. The molecule has 0 radical (unpaired) electrons. The molecular weight excluding hydrogens is 385 g/mol. The lowest BCUT2D eigenvalue weighted by molar-refractivity contribution is -0.131. The fraction of sp³-hybridized carbons (Fsp3) is 0.444. The molecule has 1 N–H and O–H groups in total. The third-order valence-corrected chi connectivity index (χ3v) is 6.68. The predicted octanol–water partition coefficient (Wildman–Crippen LogP) is 4.20. The molecule has 9 heteroatoms. The maximum absolute atomic E-state index is 12.9. The molecule has 0 saturated heterocycles. The van der Waals surface area contributed by atoms with Gasteiger partial charge in [0.05, 0.1) is 11.8 Å². The zero-order valence-corrected chi connectivity index (χ0v) is 16.6. The molecule has 142 valence electrons. The minimum atomic E-state index is -0.674. The largest absolute Gasteiger partial charge is 0.330 e. The Labute approximate surface area is 165 Å². The van der Waals surface area contributed by atoms with Gasteiger partial charge in [0.15, 0.2) is 4.34 Å². The van der Waals surface area contributed by atoms with Crippen LogP contribution in [0.25, 0.3) is 0 Å². The van der Waals surface area contributed by atoms with Gasteiger partial charge < -0.3 is 10.2 Å². The van der Waals surface area contributed by atoms with Crippen LogP contribution in [0.2, 0.25) is 0 Å². The number of halogens is 1. The van der Waals surface area contributed by atoms with Crippen LogP contribution in [0.4, 0.5) is 15.2 Å². The van der Waals surface area contributed by atoms with Gasteiger partial charge in [0.1, 0.15) is 11.4 Å². The van der Waals surface area contributed by atoms with E-state index in [9.17, 15) is 14.4 Å². The topological polar surface area (TPSA) is 81.9 Å². The van der Waals surface area contributed by atoms with Gasteiger partial charge in [-0.1, -0.05) is 42.4 Å². The summed E-state index contributed by atoms with van der Waals surface area (Å²) in [6.07, 6.45) is 4.55. The number of nitriles is 1. The summed E-state index contributed by atoms with van der Waals surface area (Å²) in [5, 5.41) is 21.3. The van der Waals surface area contributed by atoms with E-state index >= 15 is 0 Å². The molecule has 1 aromatic heterocycles. The molecule has 1 aromatic carbocycles. The lowest BCUT2D eigenvalue weighted by Crippen LogP contribution is -2.50. The van der Waals surface area contributed by atoms with Gasteiger partial charge >= 0.3 is 0 Å². The van der Waals surface area contributed by atoms with Crippen LogP contribution in [-0.4, -0.2) is 39.3 Å². The number of thioether (sulfide) groups is 1. The van der Waals surface area contributed by atoms with Gasteiger partial charge in [-0.2, -0.15) is 5.26 Å². The summed E-state index contributed by atoms with van der Waals surface area (Å²) in [7, 11) is 1.72. The van der Waals surface area contributed by atoms with Crippen molar-refractivity contribution >= 4 is 39.8 Å². The number of hydrogen-bond donors (Lipinski definition) is 1. The fourth-order valence-electron chi connectivity index (χ4n) is 3.09. The summed E-state index contributed by atoms with van der Waals surface area (Å²) in [5.41, 5.74) is 0.0416. The maximum atomic E-state index is 12.9. The van der Waals surface area contributed by atoms with Crippen molar-refractivity contribution < 1.29 is 9.18 Å². The zero-order chi connectivity index (χ0) is 19.3. The molecule has 1 fully saturated rings. The van der Waals surface area contributed by atoms with Gasteiger partial charge in [-0.3, -0.25) is 4.79 Å². The van der Waals surface area contributed by atoms with Gasteiger partial charge in [0.25, 0.3) is 0 Å². The van der Waals surface area contributed by atoms with Crippen LogP contribution in [0.3, 0.4) is 0 Å². The highest BCUT2D eigenvalue weighted by atomic mass is 32.2. The molecule has 2 aromatic rings. The molecule has 0 aliphatic heterocycles. The van der Waals surface area contributed by atoms with E-state index in [1.54, 1.807) is 24.1 Å². The number of hydrogen-bond acceptors (Lipinski definition) is 7. The quantitative estimate of drug-likeness (QED) is 0.726. The van der Waals surface area contributed by atoms with Crippen molar-refractivity contribution in [3.05, 3.63) is 30.1 Å². The SMILES string of the molecule is CN(C(=O)CSc1nnc(Nc2ccc(F)cc2)s1)C1(C#N)CCCCC1.